The maximum atomic E-state index is 12.3. The van der Waals surface area contributed by atoms with Gasteiger partial charge < -0.3 is 10.2 Å². The van der Waals surface area contributed by atoms with Crippen LogP contribution in [-0.4, -0.2) is 28.3 Å². The molecule has 28 heavy (non-hydrogen) atoms. The molecule has 0 fully saturated rings. The molecule has 2 amide bonds. The zero-order valence-electron chi connectivity index (χ0n) is 15.8. The van der Waals surface area contributed by atoms with E-state index in [-0.39, 0.29) is 18.2 Å². The minimum atomic E-state index is -0.121. The van der Waals surface area contributed by atoms with E-state index in [4.69, 9.17) is 0 Å². The molecule has 10 heteroatoms. The van der Waals surface area contributed by atoms with Gasteiger partial charge in [0.1, 0.15) is 0 Å². The lowest BCUT2D eigenvalue weighted by Crippen LogP contribution is -2.20. The number of nitrogens with zero attached hydrogens (tertiary/aromatic N) is 3. The first-order chi connectivity index (χ1) is 13.4. The lowest BCUT2D eigenvalue weighted by Gasteiger charge is -2.19. The van der Waals surface area contributed by atoms with Crippen molar-refractivity contribution >= 4 is 56.7 Å². The molecule has 0 spiro atoms. The number of anilines is 2. The lowest BCUT2D eigenvalue weighted by molar-refractivity contribution is -0.117. The Balaban J connectivity index is 1.52. The maximum absolute atomic E-state index is 12.3. The Labute approximate surface area is 176 Å². The zero-order valence-corrected chi connectivity index (χ0v) is 18.2. The van der Waals surface area contributed by atoms with Gasteiger partial charge in [0.05, 0.1) is 12.1 Å². The molecule has 0 radical (unpaired) electrons. The van der Waals surface area contributed by atoms with Gasteiger partial charge in [0.2, 0.25) is 11.8 Å². The number of aromatic nitrogens is 2. The van der Waals surface area contributed by atoms with Crippen LogP contribution in [0.1, 0.15) is 37.3 Å². The van der Waals surface area contributed by atoms with Crippen molar-refractivity contribution in [3.8, 4) is 0 Å². The summed E-state index contributed by atoms with van der Waals surface area (Å²) < 4.78 is 2.70. The van der Waals surface area contributed by atoms with Crippen molar-refractivity contribution in [1.29, 1.82) is 0 Å². The average Bonchev–Trinajstić information content (AvgIpc) is 3.30. The van der Waals surface area contributed by atoms with Crippen LogP contribution in [0.4, 0.5) is 10.3 Å². The molecule has 0 unspecified atom stereocenters. The summed E-state index contributed by atoms with van der Waals surface area (Å²) in [5.41, 5.74) is 0.730. The highest BCUT2D eigenvalue weighted by molar-refractivity contribution is 8.01. The molecule has 0 aliphatic carbocycles. The maximum Gasteiger partial charge on any atom is 0.232 e. The van der Waals surface area contributed by atoms with E-state index in [9.17, 15) is 9.59 Å². The highest BCUT2D eigenvalue weighted by Gasteiger charge is 2.15. The van der Waals surface area contributed by atoms with Crippen molar-refractivity contribution in [3.63, 3.8) is 0 Å². The summed E-state index contributed by atoms with van der Waals surface area (Å²) in [6.45, 7) is 6.34. The lowest BCUT2D eigenvalue weighted by atomic mass is 10.2. The first-order valence-corrected chi connectivity index (χ1v) is 11.2. The molecule has 0 bridgehead atoms. The van der Waals surface area contributed by atoms with Gasteiger partial charge in [0.15, 0.2) is 10.3 Å². The van der Waals surface area contributed by atoms with E-state index in [0.717, 1.165) is 20.6 Å². The Morgan fingerprint density at radius 3 is 2.86 bits per heavy atom. The van der Waals surface area contributed by atoms with E-state index in [1.807, 2.05) is 28.6 Å². The minimum Gasteiger partial charge on any atom is -0.321 e. The molecule has 1 aliphatic heterocycles. The van der Waals surface area contributed by atoms with Crippen molar-refractivity contribution in [2.75, 3.05) is 16.8 Å². The summed E-state index contributed by atoms with van der Waals surface area (Å²) in [5.74, 6) is 0.195. The number of hydrogen-bond acceptors (Lipinski definition) is 8. The molecular weight excluding hydrogens is 414 g/mol. The number of amides is 2. The fourth-order valence-electron chi connectivity index (χ4n) is 2.28. The van der Waals surface area contributed by atoms with Crippen LogP contribution in [0.15, 0.2) is 34.8 Å². The second kappa shape index (κ2) is 9.35. The van der Waals surface area contributed by atoms with Crippen LogP contribution in [0.25, 0.3) is 0 Å². The van der Waals surface area contributed by atoms with Gasteiger partial charge in [-0.1, -0.05) is 13.8 Å². The van der Waals surface area contributed by atoms with Gasteiger partial charge in [-0.25, -0.2) is 9.97 Å². The Kier molecular flexibility index (Phi) is 6.87. The average molecular weight is 436 g/mol. The van der Waals surface area contributed by atoms with Gasteiger partial charge in [0, 0.05) is 41.0 Å². The third-order valence-electron chi connectivity index (χ3n) is 3.69. The van der Waals surface area contributed by atoms with Gasteiger partial charge >= 0.3 is 0 Å². The van der Waals surface area contributed by atoms with Crippen LogP contribution in [0.3, 0.4) is 0 Å². The van der Waals surface area contributed by atoms with Crippen LogP contribution < -0.4 is 14.9 Å². The van der Waals surface area contributed by atoms with E-state index in [1.54, 1.807) is 6.20 Å². The van der Waals surface area contributed by atoms with E-state index in [2.05, 4.69) is 33.9 Å². The van der Waals surface area contributed by atoms with E-state index in [1.165, 1.54) is 41.5 Å². The molecule has 0 aromatic carbocycles. The Bertz CT molecular complexity index is 916. The third-order valence-corrected chi connectivity index (χ3v) is 6.75. The monoisotopic (exact) mass is 435 g/mol. The number of nitrogens with one attached hydrogen (secondary N) is 2. The number of allylic oxidation sites excluding steroid dienone is 1. The number of carbonyl (C=O) groups is 2. The minimum absolute atomic E-state index is 0.0808. The van der Waals surface area contributed by atoms with E-state index in [0.29, 0.717) is 17.6 Å². The highest BCUT2D eigenvalue weighted by atomic mass is 32.2. The summed E-state index contributed by atoms with van der Waals surface area (Å²) in [6.07, 6.45) is 7.89. The van der Waals surface area contributed by atoms with Crippen molar-refractivity contribution in [1.82, 2.24) is 14.7 Å². The van der Waals surface area contributed by atoms with Crippen LogP contribution in [0, 0.1) is 0 Å². The van der Waals surface area contributed by atoms with Crippen molar-refractivity contribution < 1.29 is 9.59 Å². The molecule has 3 rings (SSSR count). The van der Waals surface area contributed by atoms with Crippen molar-refractivity contribution in [2.45, 2.75) is 33.1 Å². The first-order valence-electron chi connectivity index (χ1n) is 8.69. The molecule has 2 aromatic heterocycles. The number of hydrogen-bond donors (Lipinski definition) is 2. The van der Waals surface area contributed by atoms with Gasteiger partial charge in [-0.3, -0.25) is 14.3 Å². The topological polar surface area (TPSA) is 87.2 Å². The molecule has 7 nitrogen and oxygen atoms in total. The Hall–Kier alpha value is -2.17. The second-order valence-electron chi connectivity index (χ2n) is 6.40. The van der Waals surface area contributed by atoms with Gasteiger partial charge in [0.25, 0.3) is 0 Å². The van der Waals surface area contributed by atoms with Crippen molar-refractivity contribution in [2.24, 2.45) is 0 Å². The van der Waals surface area contributed by atoms with Crippen LogP contribution in [0.2, 0.25) is 0 Å². The summed E-state index contributed by atoms with van der Waals surface area (Å²) in [5, 5.41) is 6.19. The Morgan fingerprint density at radius 1 is 1.39 bits per heavy atom. The number of rotatable bonds is 7. The normalized spacial score (nSPS) is 13.6. The molecule has 0 atom stereocenters. The zero-order chi connectivity index (χ0) is 20.1. The Morgan fingerprint density at radius 2 is 2.21 bits per heavy atom. The van der Waals surface area contributed by atoms with Gasteiger partial charge in [-0.05, 0) is 30.0 Å². The van der Waals surface area contributed by atoms with Crippen molar-refractivity contribution in [3.05, 3.63) is 45.4 Å². The van der Waals surface area contributed by atoms with Crippen LogP contribution in [-0.2, 0) is 16.0 Å². The molecule has 3 heterocycles. The molecule has 2 aromatic rings. The van der Waals surface area contributed by atoms with Gasteiger partial charge in [-0.2, -0.15) is 0 Å². The smallest absolute Gasteiger partial charge is 0.232 e. The molecule has 2 N–H and O–H groups in total. The quantitative estimate of drug-likeness (QED) is 0.641. The summed E-state index contributed by atoms with van der Waals surface area (Å²) in [6, 6.07) is 0. The van der Waals surface area contributed by atoms with Crippen LogP contribution in [0.5, 0.6) is 0 Å². The summed E-state index contributed by atoms with van der Waals surface area (Å²) in [4.78, 5) is 36.2. The SMILES string of the molecule is CC(=O)NSC1=CCN(c2nc(CC(=O)Nc3ncc(C(C)C)s3)cs2)C=C1. The largest absolute Gasteiger partial charge is 0.321 e. The van der Waals surface area contributed by atoms with Gasteiger partial charge in [-0.15, -0.1) is 22.7 Å². The predicted octanol–water partition coefficient (Wildman–Crippen LogP) is 3.91. The highest BCUT2D eigenvalue weighted by Crippen LogP contribution is 2.27. The number of thiazole rings is 2. The summed E-state index contributed by atoms with van der Waals surface area (Å²) in [7, 11) is 0. The third kappa shape index (κ3) is 5.66. The standard InChI is InChI=1S/C18H21N5O2S3/c1-11(2)15-9-19-17(27-15)21-16(25)8-13-10-26-18(20-13)23-6-4-14(5-7-23)28-22-12(3)24/h4-6,9-11H,7-8H2,1-3H3,(H,22,24)(H,19,21,25). The second-order valence-corrected chi connectivity index (χ2v) is 9.18. The van der Waals surface area contributed by atoms with E-state index < -0.39 is 0 Å². The molecule has 148 valence electrons. The molecule has 1 aliphatic rings. The fraction of sp³-hybridized carbons (Fsp3) is 0.333. The molecule has 0 saturated carbocycles. The summed E-state index contributed by atoms with van der Waals surface area (Å²) >= 11 is 4.29. The van der Waals surface area contributed by atoms with E-state index >= 15 is 0 Å². The first kappa shape index (κ1) is 20.6. The molecule has 0 saturated heterocycles. The predicted molar refractivity (Wildman–Crippen MR) is 117 cm³/mol. The van der Waals surface area contributed by atoms with Crippen LogP contribution >= 0.6 is 34.6 Å². The molecular formula is C18H21N5O2S3. The number of carbonyl (C=O) groups excluding carboxylic acids is 2. The fourth-order valence-corrected chi connectivity index (χ4v) is 4.48.